The Morgan fingerprint density at radius 3 is 1.25 bits per heavy atom. The lowest BCUT2D eigenvalue weighted by Gasteiger charge is -1.91. The summed E-state index contributed by atoms with van der Waals surface area (Å²) in [5.41, 5.74) is -0.895. The van der Waals surface area contributed by atoms with E-state index in [1.807, 2.05) is 0 Å². The molecule has 0 N–H and O–H groups in total. The van der Waals surface area contributed by atoms with E-state index in [9.17, 15) is 9.59 Å². The van der Waals surface area contributed by atoms with Crippen molar-refractivity contribution in [3.8, 4) is 0 Å². The monoisotopic (exact) mass is 238 g/mol. The lowest BCUT2D eigenvalue weighted by atomic mass is 10.3. The normalized spacial score (nSPS) is 10.2. The molecule has 0 saturated heterocycles. The van der Waals surface area contributed by atoms with Crippen LogP contribution >= 0.6 is 31.9 Å². The number of hydrogen-bond acceptors (Lipinski definition) is 2. The third-order valence-corrected chi connectivity index (χ3v) is 2.84. The zero-order chi connectivity index (χ0) is 6.31. The van der Waals surface area contributed by atoms with Gasteiger partial charge in [-0.1, -0.05) is 0 Å². The zero-order valence-electron chi connectivity index (χ0n) is 3.57. The minimum atomic E-state index is -0.447. The molecule has 2 nitrogen and oxygen atoms in total. The van der Waals surface area contributed by atoms with Crippen LogP contribution in [0.4, 0.5) is 0 Å². The fourth-order valence-corrected chi connectivity index (χ4v) is 1.06. The molecule has 0 fully saturated rings. The smallest absolute Gasteiger partial charge is 0.242 e. The maximum atomic E-state index is 10.3. The van der Waals surface area contributed by atoms with Crippen molar-refractivity contribution < 1.29 is 0 Å². The molecule has 0 bridgehead atoms. The summed E-state index contributed by atoms with van der Waals surface area (Å²) in [5, 5.41) is 0. The second-order valence-corrected chi connectivity index (χ2v) is 2.87. The van der Waals surface area contributed by atoms with Gasteiger partial charge in [0.05, 0.1) is 8.95 Å². The van der Waals surface area contributed by atoms with E-state index in [2.05, 4.69) is 31.9 Å². The number of hydrogen-bond donors (Lipinski definition) is 0. The highest BCUT2D eigenvalue weighted by Gasteiger charge is 2.14. The van der Waals surface area contributed by atoms with Crippen LogP contribution in [0.15, 0.2) is 18.5 Å². The first-order valence-electron chi connectivity index (χ1n) is 1.79. The van der Waals surface area contributed by atoms with Crippen LogP contribution in [0.25, 0.3) is 0 Å². The molecule has 0 heterocycles. The van der Waals surface area contributed by atoms with Crippen LogP contribution in [0.5, 0.6) is 0 Å². The highest BCUT2D eigenvalue weighted by atomic mass is 79.9. The minimum Gasteiger partial charge on any atom is -0.284 e. The van der Waals surface area contributed by atoms with Crippen LogP contribution in [-0.2, 0) is 0 Å². The Bertz CT molecular complexity index is 252. The van der Waals surface area contributed by atoms with Crippen LogP contribution in [0.1, 0.15) is 0 Å². The molecular formula is C4Br2O2. The quantitative estimate of drug-likeness (QED) is 0.628. The van der Waals surface area contributed by atoms with E-state index in [4.69, 9.17) is 0 Å². The van der Waals surface area contributed by atoms with E-state index in [0.29, 0.717) is 8.95 Å². The summed E-state index contributed by atoms with van der Waals surface area (Å²) in [7, 11) is 0. The lowest BCUT2D eigenvalue weighted by molar-refractivity contribution is 1.32. The van der Waals surface area contributed by atoms with Gasteiger partial charge in [-0.3, -0.25) is 9.59 Å². The molecule has 0 aliphatic rings. The van der Waals surface area contributed by atoms with E-state index in [1.165, 1.54) is 0 Å². The van der Waals surface area contributed by atoms with Crippen molar-refractivity contribution in [2.75, 3.05) is 0 Å². The second-order valence-electron chi connectivity index (χ2n) is 1.29. The summed E-state index contributed by atoms with van der Waals surface area (Å²) >= 11 is 5.79. The highest BCUT2D eigenvalue weighted by Crippen LogP contribution is 2.14. The van der Waals surface area contributed by atoms with Crippen LogP contribution in [-0.4, -0.2) is 0 Å². The van der Waals surface area contributed by atoms with Gasteiger partial charge < -0.3 is 0 Å². The molecule has 0 saturated carbocycles. The third kappa shape index (κ3) is 0.596. The van der Waals surface area contributed by atoms with Crippen molar-refractivity contribution in [2.24, 2.45) is 0 Å². The van der Waals surface area contributed by atoms with E-state index in [-0.39, 0.29) is 0 Å². The highest BCUT2D eigenvalue weighted by molar-refractivity contribution is 9.13. The molecule has 0 atom stereocenters. The topological polar surface area (TPSA) is 34.1 Å². The van der Waals surface area contributed by atoms with Gasteiger partial charge >= 0.3 is 0 Å². The zero-order valence-corrected chi connectivity index (χ0v) is 6.74. The van der Waals surface area contributed by atoms with Gasteiger partial charge in [0, 0.05) is 0 Å². The van der Waals surface area contributed by atoms with Crippen molar-refractivity contribution in [2.45, 2.75) is 0 Å². The van der Waals surface area contributed by atoms with Gasteiger partial charge in [-0.05, 0) is 31.9 Å². The van der Waals surface area contributed by atoms with Gasteiger partial charge in [-0.15, -0.1) is 0 Å². The van der Waals surface area contributed by atoms with E-state index >= 15 is 0 Å². The molecule has 1 aromatic rings. The third-order valence-electron chi connectivity index (χ3n) is 0.798. The predicted molar refractivity (Wildman–Crippen MR) is 36.8 cm³/mol. The minimum absolute atomic E-state index is 0.350. The molecule has 0 aromatic heterocycles. The van der Waals surface area contributed by atoms with Crippen molar-refractivity contribution in [3.05, 3.63) is 29.4 Å². The van der Waals surface area contributed by atoms with Crippen molar-refractivity contribution >= 4 is 31.9 Å². The van der Waals surface area contributed by atoms with Crippen LogP contribution < -0.4 is 10.9 Å². The van der Waals surface area contributed by atoms with Gasteiger partial charge in [-0.25, -0.2) is 0 Å². The first kappa shape index (κ1) is 6.16. The molecule has 0 aliphatic heterocycles. The predicted octanol–water partition coefficient (Wildman–Crippen LogP) is 0.808. The molecular weight excluding hydrogens is 240 g/mol. The average molecular weight is 240 g/mol. The molecule has 4 heteroatoms. The molecule has 0 unspecified atom stereocenters. The number of rotatable bonds is 0. The summed E-state index contributed by atoms with van der Waals surface area (Å²) < 4.78 is 0.699. The summed E-state index contributed by atoms with van der Waals surface area (Å²) in [5.74, 6) is 0. The Kier molecular flexibility index (Phi) is 1.37. The molecule has 0 radical (unpaired) electrons. The van der Waals surface area contributed by atoms with Crippen LogP contribution in [0, 0.1) is 0 Å². The van der Waals surface area contributed by atoms with Gasteiger partial charge in [0.25, 0.3) is 0 Å². The van der Waals surface area contributed by atoms with Crippen molar-refractivity contribution in [3.63, 3.8) is 0 Å². The Morgan fingerprint density at radius 2 is 1.12 bits per heavy atom. The number of halogens is 2. The lowest BCUT2D eigenvalue weighted by Crippen LogP contribution is -2.32. The van der Waals surface area contributed by atoms with E-state index in [0.717, 1.165) is 0 Å². The molecule has 0 amide bonds. The second kappa shape index (κ2) is 1.77. The Balaban J connectivity index is 3.48. The Hall–Kier alpha value is 0.0400. The summed E-state index contributed by atoms with van der Waals surface area (Å²) in [6, 6.07) is 0. The van der Waals surface area contributed by atoms with Gasteiger partial charge in [0.15, 0.2) is 0 Å². The Labute approximate surface area is 61.5 Å². The van der Waals surface area contributed by atoms with Gasteiger partial charge in [0.2, 0.25) is 10.9 Å². The first-order valence-corrected chi connectivity index (χ1v) is 3.37. The maximum absolute atomic E-state index is 10.3. The first-order chi connectivity index (χ1) is 3.64. The molecule has 0 aliphatic carbocycles. The average Bonchev–Trinajstić information content (AvgIpc) is 1.83. The fourth-order valence-electron chi connectivity index (χ4n) is 0.336. The SMILES string of the molecule is O=c1c(Br)c(Br)c1=O. The fraction of sp³-hybridized carbons (Fsp3) is 0. The summed E-state index contributed by atoms with van der Waals surface area (Å²) in [6.07, 6.45) is 0. The van der Waals surface area contributed by atoms with E-state index in [1.54, 1.807) is 0 Å². The van der Waals surface area contributed by atoms with E-state index < -0.39 is 10.9 Å². The largest absolute Gasteiger partial charge is 0.284 e. The molecule has 1 aromatic carbocycles. The van der Waals surface area contributed by atoms with Crippen LogP contribution in [0.2, 0.25) is 0 Å². The van der Waals surface area contributed by atoms with Crippen molar-refractivity contribution in [1.82, 2.24) is 0 Å². The Morgan fingerprint density at radius 1 is 0.875 bits per heavy atom. The maximum Gasteiger partial charge on any atom is 0.242 e. The summed E-state index contributed by atoms with van der Waals surface area (Å²) in [4.78, 5) is 20.6. The van der Waals surface area contributed by atoms with Gasteiger partial charge in [0.1, 0.15) is 0 Å². The standard InChI is InChI=1S/C4Br2O2/c5-1-2(6)4(8)3(1)7. The van der Waals surface area contributed by atoms with Crippen LogP contribution in [0.3, 0.4) is 0 Å². The van der Waals surface area contributed by atoms with Gasteiger partial charge in [-0.2, -0.15) is 0 Å². The summed E-state index contributed by atoms with van der Waals surface area (Å²) in [6.45, 7) is 0. The molecule has 1 rings (SSSR count). The molecule has 0 spiro atoms. The van der Waals surface area contributed by atoms with Crippen molar-refractivity contribution in [1.29, 1.82) is 0 Å². The molecule has 42 valence electrons. The molecule has 8 heavy (non-hydrogen) atoms.